The fraction of sp³-hybridized carbons (Fsp3) is 0.643. The van der Waals surface area contributed by atoms with Crippen molar-refractivity contribution >= 4 is 17.2 Å². The quantitative estimate of drug-likeness (QED) is 0.884. The first kappa shape index (κ1) is 13.6. The number of aryl methyl sites for hydroxylation is 2. The molecule has 1 aromatic heterocycles. The number of carbonyl (C=O) groups excluding carboxylic acids is 1. The Morgan fingerprint density at radius 1 is 1.39 bits per heavy atom. The highest BCUT2D eigenvalue weighted by atomic mass is 32.1. The van der Waals surface area contributed by atoms with E-state index < -0.39 is 0 Å². The molecule has 1 amide bonds. The number of hydrogen-bond acceptors (Lipinski definition) is 3. The van der Waals surface area contributed by atoms with Crippen molar-refractivity contribution in [3.8, 4) is 0 Å². The number of carbonyl (C=O) groups is 1. The Morgan fingerprint density at radius 2 is 2.11 bits per heavy atom. The van der Waals surface area contributed by atoms with Crippen LogP contribution in [-0.2, 0) is 12.8 Å². The third-order valence-corrected chi connectivity index (χ3v) is 4.61. The van der Waals surface area contributed by atoms with Gasteiger partial charge in [0.25, 0.3) is 5.91 Å². The van der Waals surface area contributed by atoms with Gasteiger partial charge in [0.15, 0.2) is 0 Å². The van der Waals surface area contributed by atoms with E-state index in [1.54, 1.807) is 11.3 Å². The molecule has 4 heteroatoms. The molecular weight excluding hydrogens is 246 g/mol. The number of fused-ring (bicyclic) bond motifs is 1. The van der Waals surface area contributed by atoms with Crippen LogP contribution in [0.3, 0.4) is 0 Å². The molecular formula is C14H21NO2S. The molecule has 1 aromatic rings. The largest absolute Gasteiger partial charge is 0.394 e. The molecule has 0 bridgehead atoms. The fourth-order valence-electron chi connectivity index (χ4n) is 2.30. The van der Waals surface area contributed by atoms with Crippen LogP contribution in [0.1, 0.15) is 52.7 Å². The molecule has 1 atom stereocenters. The fourth-order valence-corrected chi connectivity index (χ4v) is 3.45. The first-order valence-corrected chi connectivity index (χ1v) is 7.55. The lowest BCUT2D eigenvalue weighted by atomic mass is 10.00. The zero-order chi connectivity index (χ0) is 13.0. The summed E-state index contributed by atoms with van der Waals surface area (Å²) in [7, 11) is 0. The third-order valence-electron chi connectivity index (χ3n) is 3.37. The number of nitrogens with one attached hydrogen (secondary N) is 1. The molecule has 3 nitrogen and oxygen atoms in total. The first-order valence-electron chi connectivity index (χ1n) is 6.74. The maximum absolute atomic E-state index is 12.0. The van der Waals surface area contributed by atoms with Crippen molar-refractivity contribution in [2.24, 2.45) is 0 Å². The third kappa shape index (κ3) is 3.33. The van der Waals surface area contributed by atoms with E-state index in [2.05, 4.69) is 5.32 Å². The summed E-state index contributed by atoms with van der Waals surface area (Å²) >= 11 is 1.62. The van der Waals surface area contributed by atoms with Gasteiger partial charge in [-0.15, -0.1) is 11.3 Å². The maximum atomic E-state index is 12.0. The van der Waals surface area contributed by atoms with Gasteiger partial charge in [-0.25, -0.2) is 0 Å². The van der Waals surface area contributed by atoms with Crippen LogP contribution in [-0.4, -0.2) is 23.7 Å². The van der Waals surface area contributed by atoms with Gasteiger partial charge >= 0.3 is 0 Å². The van der Waals surface area contributed by atoms with Crippen molar-refractivity contribution in [3.63, 3.8) is 0 Å². The second-order valence-electron chi connectivity index (χ2n) is 5.03. The Hall–Kier alpha value is -0.870. The predicted octanol–water partition coefficient (Wildman–Crippen LogP) is 2.52. The molecule has 0 spiro atoms. The molecule has 0 unspecified atom stereocenters. The highest BCUT2D eigenvalue weighted by molar-refractivity contribution is 7.14. The molecule has 1 aliphatic carbocycles. The molecule has 0 aliphatic heterocycles. The van der Waals surface area contributed by atoms with Crippen molar-refractivity contribution in [2.45, 2.75) is 51.5 Å². The number of aliphatic hydroxyl groups is 1. The minimum Gasteiger partial charge on any atom is -0.394 e. The van der Waals surface area contributed by atoms with Crippen LogP contribution in [0, 0.1) is 0 Å². The summed E-state index contributed by atoms with van der Waals surface area (Å²) in [6.07, 6.45) is 7.30. The monoisotopic (exact) mass is 267 g/mol. The molecule has 18 heavy (non-hydrogen) atoms. The Bertz CT molecular complexity index is 388. The zero-order valence-electron chi connectivity index (χ0n) is 10.9. The lowest BCUT2D eigenvalue weighted by Crippen LogP contribution is -2.34. The standard InChI is InChI=1S/C14H21NO2S/c1-10(9-16)15-14(17)13-8-11-6-4-2-3-5-7-12(11)18-13/h8,10,16H,2-7,9H2,1H3,(H,15,17)/t10-/m1/s1. The van der Waals surface area contributed by atoms with Crippen LogP contribution in [0.4, 0.5) is 0 Å². The van der Waals surface area contributed by atoms with Crippen molar-refractivity contribution < 1.29 is 9.90 Å². The smallest absolute Gasteiger partial charge is 0.261 e. The molecule has 2 N–H and O–H groups in total. The molecule has 0 radical (unpaired) electrons. The Morgan fingerprint density at radius 3 is 2.83 bits per heavy atom. The number of rotatable bonds is 3. The van der Waals surface area contributed by atoms with E-state index in [0.29, 0.717) is 0 Å². The highest BCUT2D eigenvalue weighted by Gasteiger charge is 2.16. The van der Waals surface area contributed by atoms with Gasteiger partial charge in [-0.3, -0.25) is 4.79 Å². The van der Waals surface area contributed by atoms with Gasteiger partial charge in [-0.2, -0.15) is 0 Å². The van der Waals surface area contributed by atoms with Gasteiger partial charge in [0.05, 0.1) is 11.5 Å². The van der Waals surface area contributed by atoms with Gasteiger partial charge in [-0.05, 0) is 44.2 Å². The second-order valence-corrected chi connectivity index (χ2v) is 6.17. The summed E-state index contributed by atoms with van der Waals surface area (Å²) in [5, 5.41) is 11.8. The molecule has 0 saturated carbocycles. The molecule has 2 rings (SSSR count). The van der Waals surface area contributed by atoms with Gasteiger partial charge < -0.3 is 10.4 Å². The summed E-state index contributed by atoms with van der Waals surface area (Å²) < 4.78 is 0. The summed E-state index contributed by atoms with van der Waals surface area (Å²) in [6, 6.07) is 1.87. The van der Waals surface area contributed by atoms with E-state index >= 15 is 0 Å². The normalized spacial score (nSPS) is 17.4. The van der Waals surface area contributed by atoms with E-state index in [1.165, 1.54) is 36.1 Å². The van der Waals surface area contributed by atoms with E-state index in [-0.39, 0.29) is 18.6 Å². The topological polar surface area (TPSA) is 49.3 Å². The van der Waals surface area contributed by atoms with E-state index in [9.17, 15) is 4.79 Å². The zero-order valence-corrected chi connectivity index (χ0v) is 11.7. The SMILES string of the molecule is C[C@H](CO)NC(=O)c1cc2c(s1)CCCCCC2. The average Bonchev–Trinajstić information content (AvgIpc) is 2.71. The van der Waals surface area contributed by atoms with Crippen LogP contribution < -0.4 is 5.32 Å². The predicted molar refractivity (Wildman–Crippen MR) is 74.2 cm³/mol. The maximum Gasteiger partial charge on any atom is 0.261 e. The highest BCUT2D eigenvalue weighted by Crippen LogP contribution is 2.28. The van der Waals surface area contributed by atoms with Crippen molar-refractivity contribution in [3.05, 3.63) is 21.4 Å². The summed E-state index contributed by atoms with van der Waals surface area (Å²) in [4.78, 5) is 14.2. The number of aliphatic hydroxyl groups excluding tert-OH is 1. The summed E-state index contributed by atoms with van der Waals surface area (Å²) in [5.74, 6) is -0.0479. The van der Waals surface area contributed by atoms with E-state index in [4.69, 9.17) is 5.11 Å². The van der Waals surface area contributed by atoms with Gasteiger partial charge in [0, 0.05) is 10.9 Å². The number of thiophene rings is 1. The Balaban J connectivity index is 2.09. The van der Waals surface area contributed by atoms with E-state index in [0.717, 1.165) is 17.7 Å². The minimum absolute atomic E-state index is 0.0170. The van der Waals surface area contributed by atoms with Crippen LogP contribution in [0.5, 0.6) is 0 Å². The molecule has 1 heterocycles. The molecule has 0 aromatic carbocycles. The van der Waals surface area contributed by atoms with Crippen LogP contribution in [0.25, 0.3) is 0 Å². The second kappa shape index (κ2) is 6.34. The first-order chi connectivity index (χ1) is 8.70. The summed E-state index contributed by atoms with van der Waals surface area (Å²) in [6.45, 7) is 1.79. The van der Waals surface area contributed by atoms with Gasteiger partial charge in [0.2, 0.25) is 0 Å². The minimum atomic E-state index is -0.179. The van der Waals surface area contributed by atoms with Crippen LogP contribution in [0.15, 0.2) is 6.07 Å². The number of hydrogen-bond donors (Lipinski definition) is 2. The molecule has 1 aliphatic rings. The number of amides is 1. The molecule has 100 valence electrons. The Kier molecular flexibility index (Phi) is 4.78. The van der Waals surface area contributed by atoms with E-state index in [1.807, 2.05) is 13.0 Å². The van der Waals surface area contributed by atoms with Crippen LogP contribution in [0.2, 0.25) is 0 Å². The van der Waals surface area contributed by atoms with Crippen molar-refractivity contribution in [1.29, 1.82) is 0 Å². The lowest BCUT2D eigenvalue weighted by molar-refractivity contribution is 0.0926. The Labute approximate surface area is 112 Å². The average molecular weight is 267 g/mol. The lowest BCUT2D eigenvalue weighted by Gasteiger charge is -2.08. The van der Waals surface area contributed by atoms with Gasteiger partial charge in [0.1, 0.15) is 0 Å². The van der Waals surface area contributed by atoms with Crippen molar-refractivity contribution in [2.75, 3.05) is 6.61 Å². The van der Waals surface area contributed by atoms with Crippen molar-refractivity contribution in [1.82, 2.24) is 5.32 Å². The van der Waals surface area contributed by atoms with Crippen LogP contribution >= 0.6 is 11.3 Å². The van der Waals surface area contributed by atoms with Gasteiger partial charge in [-0.1, -0.05) is 12.8 Å². The summed E-state index contributed by atoms with van der Waals surface area (Å²) in [5.41, 5.74) is 1.36. The molecule has 0 saturated heterocycles. The molecule has 0 fully saturated rings.